The molecule has 0 unspecified atom stereocenters. The number of aromatic nitrogens is 5. The molecule has 4 heterocycles. The van der Waals surface area contributed by atoms with E-state index < -0.39 is 0 Å². The molecule has 1 aliphatic heterocycles. The van der Waals surface area contributed by atoms with E-state index in [0.717, 1.165) is 53.8 Å². The number of benzene rings is 1. The third kappa shape index (κ3) is 3.42. The Balaban J connectivity index is 1.39. The first-order valence-electron chi connectivity index (χ1n) is 10.1. The van der Waals surface area contributed by atoms with Gasteiger partial charge in [0.2, 0.25) is 0 Å². The molecule has 5 rings (SSSR count). The van der Waals surface area contributed by atoms with Crippen molar-refractivity contribution in [1.29, 1.82) is 0 Å². The highest BCUT2D eigenvalue weighted by molar-refractivity contribution is 5.98. The molecule has 0 spiro atoms. The summed E-state index contributed by atoms with van der Waals surface area (Å²) in [7, 11) is 0. The summed E-state index contributed by atoms with van der Waals surface area (Å²) in [5, 5.41) is 13.8. The fourth-order valence-corrected chi connectivity index (χ4v) is 4.00. The third-order valence-corrected chi connectivity index (χ3v) is 5.65. The van der Waals surface area contributed by atoms with Crippen LogP contribution >= 0.6 is 0 Å². The van der Waals surface area contributed by atoms with Crippen LogP contribution in [0.1, 0.15) is 26.7 Å². The zero-order chi connectivity index (χ0) is 19.8. The van der Waals surface area contributed by atoms with Crippen molar-refractivity contribution in [3.05, 3.63) is 48.9 Å². The highest BCUT2D eigenvalue weighted by Crippen LogP contribution is 2.29. The van der Waals surface area contributed by atoms with Crippen LogP contribution in [0.2, 0.25) is 0 Å². The van der Waals surface area contributed by atoms with Crippen LogP contribution in [-0.4, -0.2) is 54.9 Å². The first-order valence-corrected chi connectivity index (χ1v) is 10.1. The Morgan fingerprint density at radius 2 is 1.86 bits per heavy atom. The van der Waals surface area contributed by atoms with E-state index in [9.17, 15) is 0 Å². The van der Waals surface area contributed by atoms with Crippen molar-refractivity contribution in [2.24, 2.45) is 0 Å². The number of fused-ring (bicyclic) bond motifs is 3. The molecule has 0 radical (unpaired) electrons. The van der Waals surface area contributed by atoms with E-state index in [1.54, 1.807) is 17.0 Å². The second kappa shape index (κ2) is 7.40. The minimum absolute atomic E-state index is 0.282. The van der Waals surface area contributed by atoms with E-state index in [1.807, 2.05) is 36.4 Å². The van der Waals surface area contributed by atoms with Crippen LogP contribution < -0.4 is 4.74 Å². The van der Waals surface area contributed by atoms with Gasteiger partial charge in [-0.1, -0.05) is 0 Å². The van der Waals surface area contributed by atoms with Gasteiger partial charge in [0.25, 0.3) is 0 Å². The minimum Gasteiger partial charge on any atom is -0.490 e. The van der Waals surface area contributed by atoms with E-state index in [0.29, 0.717) is 11.7 Å². The molecule has 0 atom stereocenters. The molecular formula is C22H24N6O. The Morgan fingerprint density at radius 1 is 1.07 bits per heavy atom. The number of hydrogen-bond acceptors (Lipinski definition) is 6. The van der Waals surface area contributed by atoms with Crippen LogP contribution in [0.3, 0.4) is 0 Å². The van der Waals surface area contributed by atoms with Crippen LogP contribution in [0.15, 0.2) is 48.9 Å². The molecule has 1 aliphatic rings. The lowest BCUT2D eigenvalue weighted by Crippen LogP contribution is -2.41. The SMILES string of the molecule is CC(C)N1CCC(Oc2ccc(-c3nn4cnnc4c4cccnc34)cc2)CC1. The molecule has 4 aromatic rings. The van der Waals surface area contributed by atoms with Gasteiger partial charge in [-0.25, -0.2) is 0 Å². The lowest BCUT2D eigenvalue weighted by Gasteiger charge is -2.34. The van der Waals surface area contributed by atoms with Gasteiger partial charge in [0.15, 0.2) is 5.65 Å². The molecule has 0 aliphatic carbocycles. The predicted octanol–water partition coefficient (Wildman–Crippen LogP) is 3.59. The summed E-state index contributed by atoms with van der Waals surface area (Å²) in [4.78, 5) is 7.05. The van der Waals surface area contributed by atoms with E-state index in [4.69, 9.17) is 4.74 Å². The van der Waals surface area contributed by atoms with Crippen LogP contribution in [0.4, 0.5) is 0 Å². The number of nitrogens with zero attached hydrogens (tertiary/aromatic N) is 6. The van der Waals surface area contributed by atoms with E-state index in [1.165, 1.54) is 0 Å². The number of pyridine rings is 1. The van der Waals surface area contributed by atoms with Crippen molar-refractivity contribution in [3.8, 4) is 17.0 Å². The van der Waals surface area contributed by atoms with E-state index >= 15 is 0 Å². The fourth-order valence-electron chi connectivity index (χ4n) is 4.00. The van der Waals surface area contributed by atoms with Gasteiger partial charge >= 0.3 is 0 Å². The van der Waals surface area contributed by atoms with Crippen molar-refractivity contribution < 1.29 is 4.74 Å². The largest absolute Gasteiger partial charge is 0.490 e. The Bertz CT molecular complexity index is 1130. The minimum atomic E-state index is 0.282. The van der Waals surface area contributed by atoms with Crippen molar-refractivity contribution in [2.75, 3.05) is 13.1 Å². The summed E-state index contributed by atoms with van der Waals surface area (Å²) in [5.74, 6) is 0.902. The van der Waals surface area contributed by atoms with Gasteiger partial charge in [0.05, 0.1) is 0 Å². The van der Waals surface area contributed by atoms with Gasteiger partial charge in [-0.05, 0) is 63.1 Å². The third-order valence-electron chi connectivity index (χ3n) is 5.65. The first kappa shape index (κ1) is 18.0. The Morgan fingerprint density at radius 3 is 2.62 bits per heavy atom. The van der Waals surface area contributed by atoms with E-state index in [2.05, 4.69) is 39.0 Å². The molecule has 1 saturated heterocycles. The van der Waals surface area contributed by atoms with Crippen molar-refractivity contribution in [3.63, 3.8) is 0 Å². The molecule has 148 valence electrons. The number of piperidine rings is 1. The molecule has 1 fully saturated rings. The maximum Gasteiger partial charge on any atom is 0.186 e. The molecule has 0 bridgehead atoms. The zero-order valence-electron chi connectivity index (χ0n) is 16.7. The van der Waals surface area contributed by atoms with Gasteiger partial charge in [0, 0.05) is 36.3 Å². The Hall–Kier alpha value is -3.06. The second-order valence-electron chi connectivity index (χ2n) is 7.82. The lowest BCUT2D eigenvalue weighted by atomic mass is 10.1. The molecule has 0 amide bonds. The Labute approximate surface area is 169 Å². The summed E-state index contributed by atoms with van der Waals surface area (Å²) in [6, 6.07) is 12.7. The quantitative estimate of drug-likeness (QED) is 0.532. The van der Waals surface area contributed by atoms with Gasteiger partial charge in [0.1, 0.15) is 29.4 Å². The predicted molar refractivity (Wildman–Crippen MR) is 112 cm³/mol. The standard InChI is InChI=1S/C22H24N6O/c1-15(2)27-12-9-18(10-13-27)29-17-7-5-16(6-8-17)20-21-19(4-3-11-23-21)22-25-24-14-28(22)26-20/h3-8,11,14-15,18H,9-10,12-13H2,1-2H3. The molecule has 29 heavy (non-hydrogen) atoms. The molecule has 1 aromatic carbocycles. The van der Waals surface area contributed by atoms with Gasteiger partial charge < -0.3 is 9.64 Å². The molecular weight excluding hydrogens is 364 g/mol. The summed E-state index contributed by atoms with van der Waals surface area (Å²) >= 11 is 0. The smallest absolute Gasteiger partial charge is 0.186 e. The normalized spacial score (nSPS) is 16.1. The van der Waals surface area contributed by atoms with Gasteiger partial charge in [-0.15, -0.1) is 10.2 Å². The molecule has 0 N–H and O–H groups in total. The summed E-state index contributed by atoms with van der Waals surface area (Å²) in [6.07, 6.45) is 5.82. The summed E-state index contributed by atoms with van der Waals surface area (Å²) < 4.78 is 7.93. The number of ether oxygens (including phenoxy) is 1. The fraction of sp³-hybridized carbons (Fsp3) is 0.364. The Kier molecular flexibility index (Phi) is 4.60. The number of likely N-dealkylation sites (tertiary alicyclic amines) is 1. The maximum atomic E-state index is 6.23. The summed E-state index contributed by atoms with van der Waals surface area (Å²) in [6.45, 7) is 6.70. The van der Waals surface area contributed by atoms with Crippen LogP contribution in [0.25, 0.3) is 27.8 Å². The van der Waals surface area contributed by atoms with Gasteiger partial charge in [-0.2, -0.15) is 9.61 Å². The highest BCUT2D eigenvalue weighted by atomic mass is 16.5. The topological polar surface area (TPSA) is 68.4 Å². The number of hydrogen-bond donors (Lipinski definition) is 0. The van der Waals surface area contributed by atoms with Crippen molar-refractivity contribution >= 4 is 16.6 Å². The molecule has 3 aromatic heterocycles. The number of rotatable bonds is 4. The average Bonchev–Trinajstić information content (AvgIpc) is 3.23. The van der Waals surface area contributed by atoms with Crippen LogP contribution in [-0.2, 0) is 0 Å². The highest BCUT2D eigenvalue weighted by Gasteiger charge is 2.22. The van der Waals surface area contributed by atoms with E-state index in [-0.39, 0.29) is 6.10 Å². The summed E-state index contributed by atoms with van der Waals surface area (Å²) in [5.41, 5.74) is 3.34. The zero-order valence-corrected chi connectivity index (χ0v) is 16.7. The molecule has 7 nitrogen and oxygen atoms in total. The monoisotopic (exact) mass is 388 g/mol. The second-order valence-corrected chi connectivity index (χ2v) is 7.82. The lowest BCUT2D eigenvalue weighted by molar-refractivity contribution is 0.0843. The van der Waals surface area contributed by atoms with Crippen LogP contribution in [0.5, 0.6) is 5.75 Å². The van der Waals surface area contributed by atoms with Gasteiger partial charge in [-0.3, -0.25) is 4.98 Å². The first-order chi connectivity index (χ1) is 14.2. The van der Waals surface area contributed by atoms with Crippen molar-refractivity contribution in [2.45, 2.75) is 38.8 Å². The molecule has 7 heteroatoms. The van der Waals surface area contributed by atoms with Crippen molar-refractivity contribution in [1.82, 2.24) is 29.7 Å². The van der Waals surface area contributed by atoms with Crippen LogP contribution in [0, 0.1) is 0 Å². The maximum absolute atomic E-state index is 6.23. The molecule has 0 saturated carbocycles. The average molecular weight is 388 g/mol.